The Morgan fingerprint density at radius 1 is 1.15 bits per heavy atom. The van der Waals surface area contributed by atoms with Crippen LogP contribution in [0, 0.1) is 12.8 Å². The van der Waals surface area contributed by atoms with Gasteiger partial charge in [0.15, 0.2) is 0 Å². The molecule has 7 heteroatoms. The largest absolute Gasteiger partial charge is 0.495 e. The molecule has 0 aliphatic rings. The summed E-state index contributed by atoms with van der Waals surface area (Å²) >= 11 is 0. The van der Waals surface area contributed by atoms with Gasteiger partial charge in [-0.25, -0.2) is 8.42 Å². The summed E-state index contributed by atoms with van der Waals surface area (Å²) in [5.41, 5.74) is 1.39. The lowest BCUT2D eigenvalue weighted by Crippen LogP contribution is -2.16. The van der Waals surface area contributed by atoms with Crippen molar-refractivity contribution in [2.75, 3.05) is 17.1 Å². The summed E-state index contributed by atoms with van der Waals surface area (Å²) < 4.78 is 33.5. The number of amides is 1. The van der Waals surface area contributed by atoms with Crippen LogP contribution in [-0.2, 0) is 14.8 Å². The number of hydrogen-bond acceptors (Lipinski definition) is 4. The molecule has 2 N–H and O–H groups in total. The smallest absolute Gasteiger partial charge is 0.262 e. The number of carbonyl (C=O) groups is 1. The number of ether oxygens (including phenoxy) is 1. The number of nitrogens with one attached hydrogen (secondary N) is 2. The number of sulfonamides is 1. The first kappa shape index (κ1) is 20.8. The number of aryl methyl sites for hydroxylation is 1. The number of anilines is 2. The zero-order chi connectivity index (χ0) is 20.0. The molecule has 0 saturated heterocycles. The van der Waals surface area contributed by atoms with Gasteiger partial charge in [-0.1, -0.05) is 32.0 Å². The van der Waals surface area contributed by atoms with Gasteiger partial charge in [-0.2, -0.15) is 0 Å². The van der Waals surface area contributed by atoms with Crippen LogP contribution in [-0.4, -0.2) is 21.4 Å². The molecule has 0 fully saturated rings. The fourth-order valence-corrected chi connectivity index (χ4v) is 3.88. The van der Waals surface area contributed by atoms with Crippen LogP contribution in [0.15, 0.2) is 47.4 Å². The highest BCUT2D eigenvalue weighted by molar-refractivity contribution is 7.92. The molecule has 0 aliphatic carbocycles. The molecule has 0 atom stereocenters. The predicted octanol–water partition coefficient (Wildman–Crippen LogP) is 4.18. The molecule has 2 aromatic carbocycles. The van der Waals surface area contributed by atoms with Crippen LogP contribution in [0.3, 0.4) is 0 Å². The number of rotatable bonds is 8. The third-order valence-electron chi connectivity index (χ3n) is 4.06. The van der Waals surface area contributed by atoms with Gasteiger partial charge in [0, 0.05) is 12.1 Å². The Labute approximate surface area is 161 Å². The van der Waals surface area contributed by atoms with Crippen LogP contribution < -0.4 is 14.8 Å². The Bertz CT molecular complexity index is 908. The first-order valence-electron chi connectivity index (χ1n) is 8.79. The molecule has 0 heterocycles. The summed E-state index contributed by atoms with van der Waals surface area (Å²) in [5, 5.41) is 2.77. The van der Waals surface area contributed by atoms with E-state index in [1.807, 2.05) is 13.8 Å². The average Bonchev–Trinajstić information content (AvgIpc) is 2.61. The molecule has 6 nitrogen and oxygen atoms in total. The van der Waals surface area contributed by atoms with E-state index in [2.05, 4.69) is 10.0 Å². The van der Waals surface area contributed by atoms with Gasteiger partial charge in [0.2, 0.25) is 5.91 Å². The fraction of sp³-hybridized carbons (Fsp3) is 0.350. The third kappa shape index (κ3) is 5.72. The van der Waals surface area contributed by atoms with Crippen molar-refractivity contribution in [3.8, 4) is 5.75 Å². The zero-order valence-corrected chi connectivity index (χ0v) is 16.9. The molecule has 1 amide bonds. The van der Waals surface area contributed by atoms with Crippen molar-refractivity contribution >= 4 is 27.3 Å². The monoisotopic (exact) mass is 390 g/mol. The molecule has 0 spiro atoms. The Morgan fingerprint density at radius 3 is 2.52 bits per heavy atom. The summed E-state index contributed by atoms with van der Waals surface area (Å²) in [7, 11) is -2.36. The van der Waals surface area contributed by atoms with Gasteiger partial charge < -0.3 is 10.1 Å². The van der Waals surface area contributed by atoms with E-state index in [-0.39, 0.29) is 10.8 Å². The molecule has 2 aromatic rings. The van der Waals surface area contributed by atoms with E-state index in [0.717, 1.165) is 6.42 Å². The van der Waals surface area contributed by atoms with Gasteiger partial charge in [-0.3, -0.25) is 9.52 Å². The maximum Gasteiger partial charge on any atom is 0.262 e. The Kier molecular flexibility index (Phi) is 6.85. The van der Waals surface area contributed by atoms with E-state index in [1.165, 1.54) is 13.2 Å². The van der Waals surface area contributed by atoms with Crippen LogP contribution in [0.4, 0.5) is 11.4 Å². The summed E-state index contributed by atoms with van der Waals surface area (Å²) in [5.74, 6) is 0.722. The molecule has 27 heavy (non-hydrogen) atoms. The van der Waals surface area contributed by atoms with Gasteiger partial charge in [-0.15, -0.1) is 0 Å². The molecule has 0 aliphatic heterocycles. The van der Waals surface area contributed by atoms with E-state index in [4.69, 9.17) is 4.74 Å². The Balaban J connectivity index is 2.25. The van der Waals surface area contributed by atoms with Crippen LogP contribution in [0.5, 0.6) is 5.75 Å². The van der Waals surface area contributed by atoms with Crippen molar-refractivity contribution in [3.63, 3.8) is 0 Å². The summed E-state index contributed by atoms with van der Waals surface area (Å²) in [6.07, 6.45) is 1.17. The predicted molar refractivity (Wildman–Crippen MR) is 108 cm³/mol. The first-order chi connectivity index (χ1) is 12.7. The first-order valence-corrected chi connectivity index (χ1v) is 10.3. The Morgan fingerprint density at radius 2 is 1.85 bits per heavy atom. The van der Waals surface area contributed by atoms with Crippen LogP contribution in [0.2, 0.25) is 0 Å². The molecule has 0 unspecified atom stereocenters. The Hall–Kier alpha value is -2.54. The van der Waals surface area contributed by atoms with E-state index >= 15 is 0 Å². The minimum absolute atomic E-state index is 0.107. The highest BCUT2D eigenvalue weighted by Crippen LogP contribution is 2.28. The number of benzene rings is 2. The second kappa shape index (κ2) is 8.90. The van der Waals surface area contributed by atoms with E-state index in [1.54, 1.807) is 43.3 Å². The lowest BCUT2D eigenvalue weighted by molar-refractivity contribution is -0.116. The van der Waals surface area contributed by atoms with Crippen molar-refractivity contribution in [1.29, 1.82) is 0 Å². The maximum absolute atomic E-state index is 12.9. The van der Waals surface area contributed by atoms with Crippen molar-refractivity contribution < 1.29 is 17.9 Å². The number of hydrogen-bond donors (Lipinski definition) is 2. The molecular weight excluding hydrogens is 364 g/mol. The molecular formula is C20H26N2O4S. The normalized spacial score (nSPS) is 11.3. The number of carbonyl (C=O) groups excluding carboxylic acids is 1. The highest BCUT2D eigenvalue weighted by Gasteiger charge is 2.19. The SMILES string of the molecule is COc1ccccc1NS(=O)(=O)c1cc(NC(=O)CCC(C)C)ccc1C. The number of para-hydroxylation sites is 2. The standard InChI is InChI=1S/C20H26N2O4S/c1-14(2)9-12-20(23)21-16-11-10-15(3)19(13-16)27(24,25)22-17-7-5-6-8-18(17)26-4/h5-8,10-11,13-14,22H,9,12H2,1-4H3,(H,21,23). The quantitative estimate of drug-likeness (QED) is 0.708. The number of methoxy groups -OCH3 is 1. The molecule has 0 aromatic heterocycles. The van der Waals surface area contributed by atoms with Crippen molar-refractivity contribution in [1.82, 2.24) is 0 Å². The molecule has 0 saturated carbocycles. The highest BCUT2D eigenvalue weighted by atomic mass is 32.2. The average molecular weight is 391 g/mol. The third-order valence-corrected chi connectivity index (χ3v) is 5.57. The van der Waals surface area contributed by atoms with Gasteiger partial charge >= 0.3 is 0 Å². The molecule has 0 bridgehead atoms. The van der Waals surface area contributed by atoms with Crippen LogP contribution >= 0.6 is 0 Å². The van der Waals surface area contributed by atoms with Crippen molar-refractivity contribution in [2.24, 2.45) is 5.92 Å². The van der Waals surface area contributed by atoms with Crippen LogP contribution in [0.25, 0.3) is 0 Å². The molecule has 0 radical (unpaired) electrons. The summed E-state index contributed by atoms with van der Waals surface area (Å²) in [6, 6.07) is 11.6. The van der Waals surface area contributed by atoms with Crippen molar-refractivity contribution in [2.45, 2.75) is 38.5 Å². The van der Waals surface area contributed by atoms with Gasteiger partial charge in [-0.05, 0) is 49.1 Å². The van der Waals surface area contributed by atoms with E-state index in [0.29, 0.717) is 35.0 Å². The minimum atomic E-state index is -3.84. The minimum Gasteiger partial charge on any atom is -0.495 e. The van der Waals surface area contributed by atoms with E-state index in [9.17, 15) is 13.2 Å². The topological polar surface area (TPSA) is 84.5 Å². The van der Waals surface area contributed by atoms with Gasteiger partial charge in [0.25, 0.3) is 10.0 Å². The summed E-state index contributed by atoms with van der Waals surface area (Å²) in [6.45, 7) is 5.81. The molecule has 2 rings (SSSR count). The molecule has 146 valence electrons. The zero-order valence-electron chi connectivity index (χ0n) is 16.1. The van der Waals surface area contributed by atoms with Gasteiger partial charge in [0.05, 0.1) is 17.7 Å². The van der Waals surface area contributed by atoms with Gasteiger partial charge in [0.1, 0.15) is 5.75 Å². The second-order valence-corrected chi connectivity index (χ2v) is 8.42. The lowest BCUT2D eigenvalue weighted by atomic mass is 10.1. The van der Waals surface area contributed by atoms with Crippen molar-refractivity contribution in [3.05, 3.63) is 48.0 Å². The van der Waals surface area contributed by atoms with Crippen LogP contribution in [0.1, 0.15) is 32.3 Å². The van der Waals surface area contributed by atoms with E-state index < -0.39 is 10.0 Å². The lowest BCUT2D eigenvalue weighted by Gasteiger charge is -2.14. The maximum atomic E-state index is 12.9. The fourth-order valence-electron chi connectivity index (χ4n) is 2.54. The second-order valence-electron chi connectivity index (χ2n) is 6.77. The summed E-state index contributed by atoms with van der Waals surface area (Å²) in [4.78, 5) is 12.2.